The molecule has 0 radical (unpaired) electrons. The summed E-state index contributed by atoms with van der Waals surface area (Å²) in [5.74, 6) is 0.405. The van der Waals surface area contributed by atoms with Crippen molar-refractivity contribution in [2.24, 2.45) is 5.92 Å². The van der Waals surface area contributed by atoms with E-state index in [-0.39, 0.29) is 6.42 Å². The third-order valence-corrected chi connectivity index (χ3v) is 3.13. The van der Waals surface area contributed by atoms with Gasteiger partial charge >= 0.3 is 5.97 Å². The highest BCUT2D eigenvalue weighted by Crippen LogP contribution is 2.13. The molecule has 6 nitrogen and oxygen atoms in total. The van der Waals surface area contributed by atoms with Crippen LogP contribution < -0.4 is 5.32 Å². The number of hydrogen-bond acceptors (Lipinski definition) is 5. The predicted molar refractivity (Wildman–Crippen MR) is 76.5 cm³/mol. The Morgan fingerprint density at radius 3 is 2.90 bits per heavy atom. The third-order valence-electron chi connectivity index (χ3n) is 3.13. The van der Waals surface area contributed by atoms with Crippen LogP contribution in [-0.2, 0) is 4.79 Å². The Morgan fingerprint density at radius 1 is 1.30 bits per heavy atom. The monoisotopic (exact) mass is 274 g/mol. The summed E-state index contributed by atoms with van der Waals surface area (Å²) in [4.78, 5) is 23.2. The SMILES string of the molecule is CC(CCNc1ccc2nccnc2n1)CCC(=O)O. The first kappa shape index (κ1) is 14.2. The lowest BCUT2D eigenvalue weighted by atomic mass is 10.0. The number of fused-ring (bicyclic) bond motifs is 1. The Bertz CT molecular complexity index is 588. The zero-order valence-electron chi connectivity index (χ0n) is 11.4. The molecule has 0 aliphatic heterocycles. The zero-order chi connectivity index (χ0) is 14.4. The number of carbonyl (C=O) groups is 1. The summed E-state index contributed by atoms with van der Waals surface area (Å²) in [6, 6.07) is 3.75. The summed E-state index contributed by atoms with van der Waals surface area (Å²) in [7, 11) is 0. The lowest BCUT2D eigenvalue weighted by Gasteiger charge is -2.11. The molecule has 0 aliphatic carbocycles. The Morgan fingerprint density at radius 2 is 2.10 bits per heavy atom. The van der Waals surface area contributed by atoms with Gasteiger partial charge in [-0.15, -0.1) is 0 Å². The van der Waals surface area contributed by atoms with Crippen LogP contribution in [0.25, 0.3) is 11.2 Å². The van der Waals surface area contributed by atoms with Crippen molar-refractivity contribution in [2.45, 2.75) is 26.2 Å². The van der Waals surface area contributed by atoms with Crippen LogP contribution in [0.5, 0.6) is 0 Å². The van der Waals surface area contributed by atoms with Crippen molar-refractivity contribution in [1.82, 2.24) is 15.0 Å². The molecule has 0 fully saturated rings. The van der Waals surface area contributed by atoms with Gasteiger partial charge in [-0.3, -0.25) is 9.78 Å². The molecular weight excluding hydrogens is 256 g/mol. The van der Waals surface area contributed by atoms with E-state index >= 15 is 0 Å². The number of nitrogens with one attached hydrogen (secondary N) is 1. The topological polar surface area (TPSA) is 88.0 Å². The van der Waals surface area contributed by atoms with Crippen LogP contribution in [0.1, 0.15) is 26.2 Å². The number of aliphatic carboxylic acids is 1. The minimum absolute atomic E-state index is 0.227. The summed E-state index contributed by atoms with van der Waals surface area (Å²) >= 11 is 0. The van der Waals surface area contributed by atoms with E-state index in [1.807, 2.05) is 12.1 Å². The third kappa shape index (κ3) is 4.15. The van der Waals surface area contributed by atoms with E-state index in [1.165, 1.54) is 0 Å². The average molecular weight is 274 g/mol. The summed E-state index contributed by atoms with van der Waals surface area (Å²) in [5, 5.41) is 11.9. The molecule has 0 amide bonds. The van der Waals surface area contributed by atoms with E-state index in [9.17, 15) is 4.79 Å². The van der Waals surface area contributed by atoms with Gasteiger partial charge in [0, 0.05) is 25.4 Å². The lowest BCUT2D eigenvalue weighted by molar-refractivity contribution is -0.137. The van der Waals surface area contributed by atoms with Gasteiger partial charge in [-0.1, -0.05) is 6.92 Å². The molecule has 0 saturated heterocycles. The summed E-state index contributed by atoms with van der Waals surface area (Å²) in [5.41, 5.74) is 1.39. The molecule has 0 saturated carbocycles. The number of aromatic nitrogens is 3. The van der Waals surface area contributed by atoms with Crippen LogP contribution >= 0.6 is 0 Å². The fraction of sp³-hybridized carbons (Fsp3) is 0.429. The zero-order valence-corrected chi connectivity index (χ0v) is 11.4. The fourth-order valence-electron chi connectivity index (χ4n) is 1.91. The van der Waals surface area contributed by atoms with Crippen LogP contribution in [0.4, 0.5) is 5.82 Å². The van der Waals surface area contributed by atoms with E-state index in [4.69, 9.17) is 5.11 Å². The van der Waals surface area contributed by atoms with Crippen molar-refractivity contribution in [2.75, 3.05) is 11.9 Å². The quantitative estimate of drug-likeness (QED) is 0.805. The number of rotatable bonds is 7. The lowest BCUT2D eigenvalue weighted by Crippen LogP contribution is -2.09. The van der Waals surface area contributed by atoms with Crippen molar-refractivity contribution < 1.29 is 9.90 Å². The first-order chi connectivity index (χ1) is 9.65. The van der Waals surface area contributed by atoms with Gasteiger partial charge in [-0.25, -0.2) is 9.97 Å². The van der Waals surface area contributed by atoms with Gasteiger partial charge in [0.2, 0.25) is 0 Å². The molecule has 2 N–H and O–H groups in total. The minimum Gasteiger partial charge on any atom is -0.481 e. The molecule has 6 heteroatoms. The normalized spacial score (nSPS) is 12.2. The van der Waals surface area contributed by atoms with Gasteiger partial charge in [-0.2, -0.15) is 0 Å². The van der Waals surface area contributed by atoms with Crippen molar-refractivity contribution in [3.05, 3.63) is 24.5 Å². The second kappa shape index (κ2) is 6.79. The Hall–Kier alpha value is -2.24. The van der Waals surface area contributed by atoms with Crippen LogP contribution in [0.3, 0.4) is 0 Å². The van der Waals surface area contributed by atoms with Crippen molar-refractivity contribution in [1.29, 1.82) is 0 Å². The van der Waals surface area contributed by atoms with Gasteiger partial charge in [0.05, 0.1) is 0 Å². The van der Waals surface area contributed by atoms with Crippen molar-refractivity contribution >= 4 is 23.0 Å². The smallest absolute Gasteiger partial charge is 0.303 e. The molecule has 0 bridgehead atoms. The second-order valence-electron chi connectivity index (χ2n) is 4.85. The number of carboxylic acids is 1. The number of anilines is 1. The fourth-order valence-corrected chi connectivity index (χ4v) is 1.91. The summed E-state index contributed by atoms with van der Waals surface area (Å²) in [6.07, 6.45) is 5.10. The van der Waals surface area contributed by atoms with E-state index < -0.39 is 5.97 Å². The molecule has 2 aromatic heterocycles. The minimum atomic E-state index is -0.737. The highest BCUT2D eigenvalue weighted by Gasteiger charge is 2.06. The Balaban J connectivity index is 1.82. The molecule has 20 heavy (non-hydrogen) atoms. The average Bonchev–Trinajstić information content (AvgIpc) is 2.45. The van der Waals surface area contributed by atoms with Gasteiger partial charge in [-0.05, 0) is 30.9 Å². The van der Waals surface area contributed by atoms with E-state index in [0.717, 1.165) is 24.3 Å². The summed E-state index contributed by atoms with van der Waals surface area (Å²) < 4.78 is 0. The first-order valence-electron chi connectivity index (χ1n) is 6.68. The number of carboxylic acid groups (broad SMARTS) is 1. The van der Waals surface area contributed by atoms with E-state index in [2.05, 4.69) is 27.2 Å². The number of nitrogens with zero attached hydrogens (tertiary/aromatic N) is 3. The van der Waals surface area contributed by atoms with Gasteiger partial charge < -0.3 is 10.4 Å². The number of pyridine rings is 1. The van der Waals surface area contributed by atoms with Crippen molar-refractivity contribution in [3.8, 4) is 0 Å². The van der Waals surface area contributed by atoms with Gasteiger partial charge in [0.25, 0.3) is 0 Å². The molecule has 106 valence electrons. The first-order valence-corrected chi connectivity index (χ1v) is 6.68. The molecule has 1 atom stereocenters. The molecule has 0 spiro atoms. The highest BCUT2D eigenvalue weighted by molar-refractivity contribution is 5.71. The summed E-state index contributed by atoms with van der Waals surface area (Å²) in [6.45, 7) is 2.82. The van der Waals surface area contributed by atoms with Crippen LogP contribution in [0.2, 0.25) is 0 Å². The predicted octanol–water partition coefficient (Wildman–Crippen LogP) is 2.33. The van der Waals surface area contributed by atoms with E-state index in [0.29, 0.717) is 18.0 Å². The van der Waals surface area contributed by atoms with Crippen LogP contribution in [-0.4, -0.2) is 32.6 Å². The molecular formula is C14H18N4O2. The molecule has 0 aliphatic rings. The maximum absolute atomic E-state index is 10.5. The Kier molecular flexibility index (Phi) is 4.81. The largest absolute Gasteiger partial charge is 0.481 e. The van der Waals surface area contributed by atoms with Crippen molar-refractivity contribution in [3.63, 3.8) is 0 Å². The number of hydrogen-bond donors (Lipinski definition) is 2. The second-order valence-corrected chi connectivity index (χ2v) is 4.85. The van der Waals surface area contributed by atoms with Crippen LogP contribution in [0, 0.1) is 5.92 Å². The molecule has 2 aromatic rings. The molecule has 1 unspecified atom stereocenters. The maximum atomic E-state index is 10.5. The molecule has 0 aromatic carbocycles. The van der Waals surface area contributed by atoms with E-state index in [1.54, 1.807) is 12.4 Å². The molecule has 2 heterocycles. The van der Waals surface area contributed by atoms with Gasteiger partial charge in [0.15, 0.2) is 5.65 Å². The van der Waals surface area contributed by atoms with Gasteiger partial charge in [0.1, 0.15) is 11.3 Å². The van der Waals surface area contributed by atoms with Crippen LogP contribution in [0.15, 0.2) is 24.5 Å². The molecule has 2 rings (SSSR count). The maximum Gasteiger partial charge on any atom is 0.303 e. The standard InChI is InChI=1S/C14H18N4O2/c1-10(2-5-13(19)20)6-7-16-12-4-3-11-14(18-12)17-9-8-15-11/h3-4,8-10H,2,5-7H2,1H3,(H,19,20)(H,16,17,18). The Labute approximate surface area is 117 Å². The highest BCUT2D eigenvalue weighted by atomic mass is 16.4.